The number of unbranched alkanes of at least 4 members (excludes halogenated alkanes) is 1. The molecule has 214 valence electrons. The Hall–Kier alpha value is -2.28. The first kappa shape index (κ1) is 31.3. The van der Waals surface area contributed by atoms with Gasteiger partial charge < -0.3 is 9.47 Å². The van der Waals surface area contributed by atoms with Gasteiger partial charge in [-0.25, -0.2) is 17.7 Å². The number of ether oxygens (including phenoxy) is 2. The molecule has 0 spiro atoms. The second-order valence-corrected chi connectivity index (χ2v) is 12.4. The fraction of sp³-hybridized carbons (Fsp3) is 0.481. The molecular formula is C27H37ClN4O5S2. The van der Waals surface area contributed by atoms with Gasteiger partial charge in [0.2, 0.25) is 10.0 Å². The lowest BCUT2D eigenvalue weighted by atomic mass is 10.2. The Balaban J connectivity index is 0.00000420. The van der Waals surface area contributed by atoms with E-state index in [0.29, 0.717) is 23.8 Å². The van der Waals surface area contributed by atoms with E-state index in [1.165, 1.54) is 27.8 Å². The number of carbonyl (C=O) groups excluding carboxylic acids is 1. The summed E-state index contributed by atoms with van der Waals surface area (Å²) in [6, 6.07) is 11.9. The highest BCUT2D eigenvalue weighted by Crippen LogP contribution is 2.32. The zero-order valence-corrected chi connectivity index (χ0v) is 25.1. The summed E-state index contributed by atoms with van der Waals surface area (Å²) in [6.07, 6.45) is 2.48. The molecule has 1 aliphatic heterocycles. The highest BCUT2D eigenvalue weighted by Gasteiger charge is 2.24. The van der Waals surface area contributed by atoms with Crippen molar-refractivity contribution >= 4 is 55.0 Å². The summed E-state index contributed by atoms with van der Waals surface area (Å²) in [7, 11) is -0.399. The molecule has 12 heteroatoms. The monoisotopic (exact) mass is 596 g/mol. The van der Waals surface area contributed by atoms with E-state index in [0.717, 1.165) is 68.1 Å². The zero-order chi connectivity index (χ0) is 27.1. The van der Waals surface area contributed by atoms with E-state index < -0.39 is 10.0 Å². The molecule has 0 radical (unpaired) electrons. The Morgan fingerprint density at radius 3 is 2.49 bits per heavy atom. The van der Waals surface area contributed by atoms with Gasteiger partial charge in [-0.1, -0.05) is 24.7 Å². The van der Waals surface area contributed by atoms with Gasteiger partial charge in [-0.2, -0.15) is 0 Å². The van der Waals surface area contributed by atoms with Crippen molar-refractivity contribution in [1.29, 1.82) is 0 Å². The van der Waals surface area contributed by atoms with E-state index in [9.17, 15) is 13.2 Å². The fourth-order valence-electron chi connectivity index (χ4n) is 4.30. The number of nitrogens with zero attached hydrogens (tertiary/aromatic N) is 4. The minimum atomic E-state index is -3.61. The van der Waals surface area contributed by atoms with Crippen LogP contribution >= 0.6 is 23.7 Å². The Labute approximate surface area is 241 Å². The molecule has 0 aliphatic carbocycles. The van der Waals surface area contributed by atoms with Crippen LogP contribution in [0.25, 0.3) is 10.2 Å². The lowest BCUT2D eigenvalue weighted by Gasteiger charge is -2.27. The molecule has 39 heavy (non-hydrogen) atoms. The molecule has 9 nitrogen and oxygen atoms in total. The number of rotatable bonds is 12. The van der Waals surface area contributed by atoms with E-state index in [4.69, 9.17) is 14.5 Å². The quantitative estimate of drug-likeness (QED) is 0.304. The smallest absolute Gasteiger partial charge is 0.260 e. The number of benzene rings is 2. The van der Waals surface area contributed by atoms with Crippen LogP contribution in [0.2, 0.25) is 0 Å². The number of thiazole rings is 1. The summed E-state index contributed by atoms with van der Waals surface area (Å²) < 4.78 is 38.9. The molecule has 1 aromatic heterocycles. The maximum absolute atomic E-state index is 13.7. The van der Waals surface area contributed by atoms with Gasteiger partial charge in [-0.15, -0.1) is 12.4 Å². The Kier molecular flexibility index (Phi) is 11.5. The van der Waals surface area contributed by atoms with E-state index >= 15 is 0 Å². The average Bonchev–Trinajstić information content (AvgIpc) is 3.37. The lowest BCUT2D eigenvalue weighted by molar-refractivity contribution is 0.0376. The van der Waals surface area contributed by atoms with Gasteiger partial charge in [0.25, 0.3) is 5.91 Å². The van der Waals surface area contributed by atoms with Crippen LogP contribution in [0.3, 0.4) is 0 Å². The number of anilines is 1. The number of methoxy groups -OCH3 is 1. The van der Waals surface area contributed by atoms with Crippen molar-refractivity contribution in [3.8, 4) is 5.75 Å². The van der Waals surface area contributed by atoms with Crippen LogP contribution in [-0.2, 0) is 14.8 Å². The number of hydrogen-bond donors (Lipinski definition) is 0. The van der Waals surface area contributed by atoms with Gasteiger partial charge in [0.15, 0.2) is 5.13 Å². The second-order valence-electron chi connectivity index (χ2n) is 9.30. The maximum atomic E-state index is 13.7. The van der Waals surface area contributed by atoms with Crippen molar-refractivity contribution in [3.63, 3.8) is 0 Å². The highest BCUT2D eigenvalue weighted by molar-refractivity contribution is 7.89. The molecule has 2 aromatic carbocycles. The molecule has 1 saturated heterocycles. The Morgan fingerprint density at radius 1 is 1.10 bits per heavy atom. The van der Waals surface area contributed by atoms with Crippen LogP contribution in [0, 0.1) is 0 Å². The van der Waals surface area contributed by atoms with Crippen molar-refractivity contribution in [3.05, 3.63) is 48.0 Å². The van der Waals surface area contributed by atoms with E-state index in [1.54, 1.807) is 31.2 Å². The van der Waals surface area contributed by atoms with Gasteiger partial charge >= 0.3 is 0 Å². The minimum absolute atomic E-state index is 0. The molecular weight excluding hydrogens is 560 g/mol. The summed E-state index contributed by atoms with van der Waals surface area (Å²) in [4.78, 5) is 22.7. The van der Waals surface area contributed by atoms with Crippen LogP contribution in [0.1, 0.15) is 36.5 Å². The molecule has 1 fully saturated rings. The molecule has 2 heterocycles. The standard InChI is InChI=1S/C27H36N4O5S2.ClH/c1-4-5-13-29(2)38(33,34)23-10-7-21(8-11-23)26(32)31(15-6-14-30-16-18-36-19-17-30)27-28-24-12-9-22(35-3)20-25(24)37-27;/h7-12,20H,4-6,13-19H2,1-3H3;1H. The third kappa shape index (κ3) is 7.68. The van der Waals surface area contributed by atoms with Crippen LogP contribution in [-0.4, -0.2) is 88.6 Å². The topological polar surface area (TPSA) is 92.3 Å². The Bertz CT molecular complexity index is 1330. The van der Waals surface area contributed by atoms with Crippen molar-refractivity contribution in [2.24, 2.45) is 0 Å². The molecule has 0 N–H and O–H groups in total. The van der Waals surface area contributed by atoms with Crippen molar-refractivity contribution in [2.75, 3.05) is 65.0 Å². The maximum Gasteiger partial charge on any atom is 0.260 e. The van der Waals surface area contributed by atoms with Crippen molar-refractivity contribution < 1.29 is 22.7 Å². The predicted octanol–water partition coefficient (Wildman–Crippen LogP) is 4.52. The van der Waals surface area contributed by atoms with Crippen molar-refractivity contribution in [1.82, 2.24) is 14.2 Å². The number of hydrogen-bond acceptors (Lipinski definition) is 8. The molecule has 3 aromatic rings. The molecule has 0 atom stereocenters. The van der Waals surface area contributed by atoms with E-state index in [2.05, 4.69) is 4.90 Å². The zero-order valence-electron chi connectivity index (χ0n) is 22.7. The van der Waals surface area contributed by atoms with E-state index in [1.807, 2.05) is 25.1 Å². The number of carbonyl (C=O) groups is 1. The highest BCUT2D eigenvalue weighted by atomic mass is 35.5. The summed E-state index contributed by atoms with van der Waals surface area (Å²) in [5.41, 5.74) is 1.22. The number of aromatic nitrogens is 1. The first-order valence-electron chi connectivity index (χ1n) is 13.0. The number of sulfonamides is 1. The first-order valence-corrected chi connectivity index (χ1v) is 15.2. The number of fused-ring (bicyclic) bond motifs is 1. The average molecular weight is 597 g/mol. The SMILES string of the molecule is CCCCN(C)S(=O)(=O)c1ccc(C(=O)N(CCCN2CCOCC2)c2nc3ccc(OC)cc3s2)cc1.Cl. The molecule has 1 aliphatic rings. The fourth-order valence-corrected chi connectivity index (χ4v) is 6.53. The molecule has 0 bridgehead atoms. The lowest BCUT2D eigenvalue weighted by Crippen LogP contribution is -2.39. The predicted molar refractivity (Wildman–Crippen MR) is 158 cm³/mol. The van der Waals surface area contributed by atoms with Crippen LogP contribution < -0.4 is 9.64 Å². The number of amides is 1. The van der Waals surface area contributed by atoms with Gasteiger partial charge in [0.1, 0.15) is 5.75 Å². The second kappa shape index (κ2) is 14.4. The van der Waals surface area contributed by atoms with Crippen LogP contribution in [0.4, 0.5) is 5.13 Å². The summed E-state index contributed by atoms with van der Waals surface area (Å²) >= 11 is 1.44. The minimum Gasteiger partial charge on any atom is -0.497 e. The van der Waals surface area contributed by atoms with Gasteiger partial charge in [0, 0.05) is 45.3 Å². The molecule has 0 unspecified atom stereocenters. The normalized spacial score (nSPS) is 14.4. The van der Waals surface area contributed by atoms with Crippen LogP contribution in [0.5, 0.6) is 5.75 Å². The molecule has 1 amide bonds. The van der Waals surface area contributed by atoms with Gasteiger partial charge in [0.05, 0.1) is 35.4 Å². The van der Waals surface area contributed by atoms with Crippen molar-refractivity contribution in [2.45, 2.75) is 31.1 Å². The summed E-state index contributed by atoms with van der Waals surface area (Å²) in [6.45, 7) is 7.06. The number of morpholine rings is 1. The number of halogens is 1. The molecule has 0 saturated carbocycles. The van der Waals surface area contributed by atoms with E-state index in [-0.39, 0.29) is 23.2 Å². The van der Waals surface area contributed by atoms with Gasteiger partial charge in [-0.05, 0) is 55.3 Å². The first-order chi connectivity index (χ1) is 18.3. The van der Waals surface area contributed by atoms with Crippen LogP contribution in [0.15, 0.2) is 47.4 Å². The third-order valence-corrected chi connectivity index (χ3v) is 9.57. The summed E-state index contributed by atoms with van der Waals surface area (Å²) in [5, 5.41) is 0.608. The van der Waals surface area contributed by atoms with Gasteiger partial charge in [-0.3, -0.25) is 14.6 Å². The molecule has 4 rings (SSSR count). The third-order valence-electron chi connectivity index (χ3n) is 6.66. The Morgan fingerprint density at radius 2 is 1.82 bits per heavy atom. The summed E-state index contributed by atoms with van der Waals surface area (Å²) in [5.74, 6) is 0.528. The largest absolute Gasteiger partial charge is 0.497 e.